The van der Waals surface area contributed by atoms with Crippen LogP contribution in [0.15, 0.2) is 30.3 Å². The molecule has 120 valence electrons. The van der Waals surface area contributed by atoms with E-state index < -0.39 is 0 Å². The Balaban J connectivity index is 1.72. The lowest BCUT2D eigenvalue weighted by Crippen LogP contribution is -2.61. The Morgan fingerprint density at radius 2 is 1.95 bits per heavy atom. The van der Waals surface area contributed by atoms with Crippen molar-refractivity contribution in [2.24, 2.45) is 0 Å². The molecule has 2 saturated heterocycles. The summed E-state index contributed by atoms with van der Waals surface area (Å²) in [7, 11) is 0. The molecule has 2 heterocycles. The van der Waals surface area contributed by atoms with Gasteiger partial charge < -0.3 is 10.2 Å². The number of nitrogens with zero attached hydrogens (tertiary/aromatic N) is 1. The van der Waals surface area contributed by atoms with E-state index in [9.17, 15) is 4.79 Å². The fourth-order valence-corrected chi connectivity index (χ4v) is 4.00. The third-order valence-electron chi connectivity index (χ3n) is 4.77. The first-order valence-corrected chi connectivity index (χ1v) is 8.75. The average Bonchev–Trinajstić information content (AvgIpc) is 2.92. The van der Waals surface area contributed by atoms with E-state index in [1.165, 1.54) is 5.56 Å². The van der Waals surface area contributed by atoms with Crippen molar-refractivity contribution in [2.75, 3.05) is 13.1 Å². The molecule has 0 spiro atoms. The zero-order valence-corrected chi connectivity index (χ0v) is 14.5. The molecule has 2 fully saturated rings. The molecule has 0 radical (unpaired) electrons. The SMILES string of the molecule is CC1NCCN(C(=O)C2NNC(c3ccccc3)C2Br)C1C. The van der Waals surface area contributed by atoms with Crippen LogP contribution in [0.2, 0.25) is 0 Å². The van der Waals surface area contributed by atoms with Crippen LogP contribution in [0.25, 0.3) is 0 Å². The molecule has 3 rings (SSSR count). The van der Waals surface area contributed by atoms with Crippen molar-refractivity contribution in [3.8, 4) is 0 Å². The van der Waals surface area contributed by atoms with Crippen LogP contribution in [0, 0.1) is 0 Å². The molecule has 5 unspecified atom stereocenters. The number of halogens is 1. The Labute approximate surface area is 139 Å². The average molecular weight is 367 g/mol. The third kappa shape index (κ3) is 2.93. The number of hydrogen-bond donors (Lipinski definition) is 3. The topological polar surface area (TPSA) is 56.4 Å². The lowest BCUT2D eigenvalue weighted by atomic mass is 10.00. The summed E-state index contributed by atoms with van der Waals surface area (Å²) in [6, 6.07) is 10.6. The predicted molar refractivity (Wildman–Crippen MR) is 90.6 cm³/mol. The molecule has 1 aromatic rings. The maximum atomic E-state index is 12.9. The van der Waals surface area contributed by atoms with Gasteiger partial charge >= 0.3 is 0 Å². The van der Waals surface area contributed by atoms with Gasteiger partial charge in [-0.3, -0.25) is 4.79 Å². The number of nitrogens with one attached hydrogen (secondary N) is 3. The number of carbonyl (C=O) groups is 1. The molecule has 0 aromatic heterocycles. The zero-order valence-electron chi connectivity index (χ0n) is 12.9. The van der Waals surface area contributed by atoms with Crippen LogP contribution in [0.4, 0.5) is 0 Å². The highest BCUT2D eigenvalue weighted by Gasteiger charge is 2.42. The fraction of sp³-hybridized carbons (Fsp3) is 0.562. The van der Waals surface area contributed by atoms with Crippen molar-refractivity contribution < 1.29 is 4.79 Å². The Bertz CT molecular complexity index is 526. The first-order valence-electron chi connectivity index (χ1n) is 7.83. The molecule has 2 aliphatic rings. The number of piperazine rings is 1. The maximum absolute atomic E-state index is 12.9. The summed E-state index contributed by atoms with van der Waals surface area (Å²) < 4.78 is 0. The van der Waals surface area contributed by atoms with E-state index in [0.717, 1.165) is 13.1 Å². The Hall–Kier alpha value is -0.950. The van der Waals surface area contributed by atoms with Gasteiger partial charge in [-0.25, -0.2) is 10.9 Å². The van der Waals surface area contributed by atoms with Crippen molar-refractivity contribution in [2.45, 2.75) is 42.8 Å². The first-order chi connectivity index (χ1) is 10.6. The van der Waals surface area contributed by atoms with E-state index in [4.69, 9.17) is 0 Å². The van der Waals surface area contributed by atoms with Crippen LogP contribution in [0.1, 0.15) is 25.5 Å². The van der Waals surface area contributed by atoms with Crippen molar-refractivity contribution in [1.29, 1.82) is 0 Å². The molecule has 22 heavy (non-hydrogen) atoms. The van der Waals surface area contributed by atoms with Gasteiger partial charge in [0.25, 0.3) is 0 Å². The van der Waals surface area contributed by atoms with Gasteiger partial charge in [-0.1, -0.05) is 46.3 Å². The van der Waals surface area contributed by atoms with E-state index in [2.05, 4.69) is 58.1 Å². The van der Waals surface area contributed by atoms with Gasteiger partial charge in [-0.05, 0) is 19.4 Å². The van der Waals surface area contributed by atoms with Crippen LogP contribution in [-0.2, 0) is 4.79 Å². The number of alkyl halides is 1. The normalized spacial score (nSPS) is 35.6. The van der Waals surface area contributed by atoms with Gasteiger partial charge in [-0.15, -0.1) is 0 Å². The molecule has 1 aromatic carbocycles. The van der Waals surface area contributed by atoms with Crippen LogP contribution in [0.3, 0.4) is 0 Å². The summed E-state index contributed by atoms with van der Waals surface area (Å²) in [6.07, 6.45) is 0. The summed E-state index contributed by atoms with van der Waals surface area (Å²) in [5, 5.41) is 3.41. The molecule has 5 atom stereocenters. The molecule has 1 amide bonds. The summed E-state index contributed by atoms with van der Waals surface area (Å²) in [6.45, 7) is 5.85. The van der Waals surface area contributed by atoms with Crippen molar-refractivity contribution >= 4 is 21.8 Å². The third-order valence-corrected chi connectivity index (χ3v) is 5.83. The Kier molecular flexibility index (Phi) is 4.82. The summed E-state index contributed by atoms with van der Waals surface area (Å²) in [5.41, 5.74) is 7.61. The van der Waals surface area contributed by atoms with Gasteiger partial charge in [0.15, 0.2) is 0 Å². The minimum atomic E-state index is -0.252. The van der Waals surface area contributed by atoms with Crippen molar-refractivity contribution in [3.05, 3.63) is 35.9 Å². The number of benzene rings is 1. The van der Waals surface area contributed by atoms with Gasteiger partial charge in [-0.2, -0.15) is 0 Å². The second kappa shape index (κ2) is 6.66. The quantitative estimate of drug-likeness (QED) is 0.688. The molecular formula is C16H23BrN4O. The predicted octanol–water partition coefficient (Wildman–Crippen LogP) is 1.18. The number of amides is 1. The van der Waals surface area contributed by atoms with E-state index in [-0.39, 0.29) is 28.9 Å². The Morgan fingerprint density at radius 1 is 1.23 bits per heavy atom. The molecule has 6 heteroatoms. The monoisotopic (exact) mass is 366 g/mol. The first kappa shape index (κ1) is 15.9. The molecule has 0 bridgehead atoms. The highest BCUT2D eigenvalue weighted by atomic mass is 79.9. The van der Waals surface area contributed by atoms with Crippen LogP contribution < -0.4 is 16.2 Å². The standard InChI is InChI=1S/C16H23BrN4O/c1-10-11(2)21(9-8-18-10)16(22)15-13(17)14(19-20-15)12-6-4-3-5-7-12/h3-7,10-11,13-15,18-20H,8-9H2,1-2H3. The minimum Gasteiger partial charge on any atom is -0.336 e. The smallest absolute Gasteiger partial charge is 0.242 e. The summed E-state index contributed by atoms with van der Waals surface area (Å²) in [5.74, 6) is 0.161. The second-order valence-electron chi connectivity index (χ2n) is 6.11. The molecule has 2 aliphatic heterocycles. The van der Waals surface area contributed by atoms with Crippen LogP contribution >= 0.6 is 15.9 Å². The van der Waals surface area contributed by atoms with E-state index in [1.54, 1.807) is 0 Å². The zero-order chi connectivity index (χ0) is 15.7. The molecular weight excluding hydrogens is 344 g/mol. The number of carbonyl (C=O) groups excluding carboxylic acids is 1. The molecule has 3 N–H and O–H groups in total. The van der Waals surface area contributed by atoms with Crippen LogP contribution in [-0.4, -0.2) is 46.8 Å². The highest BCUT2D eigenvalue weighted by Crippen LogP contribution is 2.30. The van der Waals surface area contributed by atoms with E-state index in [0.29, 0.717) is 6.04 Å². The Morgan fingerprint density at radius 3 is 2.68 bits per heavy atom. The van der Waals surface area contributed by atoms with Gasteiger partial charge in [0.2, 0.25) is 5.91 Å². The lowest BCUT2D eigenvalue weighted by Gasteiger charge is -2.40. The largest absolute Gasteiger partial charge is 0.336 e. The van der Waals surface area contributed by atoms with E-state index >= 15 is 0 Å². The maximum Gasteiger partial charge on any atom is 0.242 e. The van der Waals surface area contributed by atoms with Gasteiger partial charge in [0, 0.05) is 25.2 Å². The highest BCUT2D eigenvalue weighted by molar-refractivity contribution is 9.09. The second-order valence-corrected chi connectivity index (χ2v) is 7.17. The lowest BCUT2D eigenvalue weighted by molar-refractivity contribution is -0.136. The fourth-order valence-electron chi connectivity index (χ4n) is 3.20. The number of hydrazine groups is 1. The number of rotatable bonds is 2. The van der Waals surface area contributed by atoms with Gasteiger partial charge in [0.05, 0.1) is 10.9 Å². The molecule has 5 nitrogen and oxygen atoms in total. The molecule has 0 aliphatic carbocycles. The minimum absolute atomic E-state index is 0.0276. The number of hydrogen-bond acceptors (Lipinski definition) is 4. The summed E-state index contributed by atoms with van der Waals surface area (Å²) >= 11 is 3.72. The summed E-state index contributed by atoms with van der Waals surface area (Å²) in [4.78, 5) is 14.9. The van der Waals surface area contributed by atoms with Crippen LogP contribution in [0.5, 0.6) is 0 Å². The van der Waals surface area contributed by atoms with Gasteiger partial charge in [0.1, 0.15) is 6.04 Å². The molecule has 0 saturated carbocycles. The van der Waals surface area contributed by atoms with Crippen molar-refractivity contribution in [1.82, 2.24) is 21.1 Å². The van der Waals surface area contributed by atoms with Crippen molar-refractivity contribution in [3.63, 3.8) is 0 Å². The van der Waals surface area contributed by atoms with E-state index in [1.807, 2.05) is 23.1 Å².